The summed E-state index contributed by atoms with van der Waals surface area (Å²) in [7, 11) is 0. The van der Waals surface area contributed by atoms with Crippen LogP contribution in [0.5, 0.6) is 0 Å². The Morgan fingerprint density at radius 3 is 2.48 bits per heavy atom. The van der Waals surface area contributed by atoms with Gasteiger partial charge in [0.1, 0.15) is 5.82 Å². The van der Waals surface area contributed by atoms with E-state index in [0.717, 1.165) is 55.6 Å². The van der Waals surface area contributed by atoms with Crippen LogP contribution in [0.1, 0.15) is 79.0 Å². The van der Waals surface area contributed by atoms with Crippen molar-refractivity contribution in [3.63, 3.8) is 0 Å². The second kappa shape index (κ2) is 15.7. The molecule has 1 aliphatic rings. The minimum atomic E-state index is -0.450. The van der Waals surface area contributed by atoms with Crippen LogP contribution in [-0.4, -0.2) is 37.4 Å². The number of unbranched alkanes of at least 4 members (excludes halogenated alkanes) is 2. The number of hydrogen-bond donors (Lipinski definition) is 4. The lowest BCUT2D eigenvalue weighted by molar-refractivity contribution is -0.117. The van der Waals surface area contributed by atoms with E-state index in [-0.39, 0.29) is 29.5 Å². The van der Waals surface area contributed by atoms with Crippen LogP contribution in [-0.2, 0) is 16.0 Å². The number of nitrogens with two attached hydrogens (primary N) is 1. The number of aryl methyl sites for hydroxylation is 1. The van der Waals surface area contributed by atoms with E-state index >= 15 is 0 Å². The second-order valence-corrected chi connectivity index (χ2v) is 11.0. The van der Waals surface area contributed by atoms with Gasteiger partial charge in [0.25, 0.3) is 5.91 Å². The molecule has 0 radical (unpaired) electrons. The number of rotatable bonds is 14. The van der Waals surface area contributed by atoms with Gasteiger partial charge in [-0.15, -0.1) is 0 Å². The Morgan fingerprint density at radius 1 is 0.977 bits per heavy atom. The van der Waals surface area contributed by atoms with Gasteiger partial charge in [0.05, 0.1) is 17.4 Å². The first-order valence-electron chi connectivity index (χ1n) is 15.4. The number of hydrogen-bond acceptors (Lipinski definition) is 5. The molecule has 44 heavy (non-hydrogen) atoms. The molecule has 0 bridgehead atoms. The fourth-order valence-electron chi connectivity index (χ4n) is 5.43. The van der Waals surface area contributed by atoms with E-state index in [9.17, 15) is 18.8 Å². The van der Waals surface area contributed by atoms with Gasteiger partial charge in [0.2, 0.25) is 11.8 Å². The molecule has 5 N–H and O–H groups in total. The van der Waals surface area contributed by atoms with Gasteiger partial charge in [-0.3, -0.25) is 14.4 Å². The Hall–Kier alpha value is -4.66. The largest absolute Gasteiger partial charge is 0.397 e. The lowest BCUT2D eigenvalue weighted by Crippen LogP contribution is -2.27. The first kappa shape index (κ1) is 32.3. The summed E-state index contributed by atoms with van der Waals surface area (Å²) in [4.78, 5) is 39.6. The van der Waals surface area contributed by atoms with Gasteiger partial charge in [0.15, 0.2) is 0 Å². The van der Waals surface area contributed by atoms with Gasteiger partial charge in [0, 0.05) is 43.4 Å². The maximum Gasteiger partial charge on any atom is 0.251 e. The SMILES string of the molecule is CCN(CC)c1ccc(C(=O)NC2CCc3cc(/C=C/C(=O)NCCCCCC(=O)Nc4ccc(F)cc4N)ccc32)cc1. The molecular weight excluding hydrogens is 557 g/mol. The fourth-order valence-corrected chi connectivity index (χ4v) is 5.43. The molecule has 0 spiro atoms. The van der Waals surface area contributed by atoms with Gasteiger partial charge < -0.3 is 26.6 Å². The van der Waals surface area contributed by atoms with Crippen molar-refractivity contribution in [2.45, 2.75) is 58.4 Å². The van der Waals surface area contributed by atoms with Crippen LogP contribution >= 0.6 is 0 Å². The summed E-state index contributed by atoms with van der Waals surface area (Å²) in [5, 5.41) is 8.75. The number of carbonyl (C=O) groups is 3. The third kappa shape index (κ3) is 8.92. The highest BCUT2D eigenvalue weighted by molar-refractivity contribution is 5.95. The van der Waals surface area contributed by atoms with Crippen molar-refractivity contribution >= 4 is 40.9 Å². The van der Waals surface area contributed by atoms with Crippen molar-refractivity contribution in [2.24, 2.45) is 0 Å². The van der Waals surface area contributed by atoms with E-state index < -0.39 is 5.82 Å². The Morgan fingerprint density at radius 2 is 1.75 bits per heavy atom. The molecule has 0 heterocycles. The summed E-state index contributed by atoms with van der Waals surface area (Å²) in [6.45, 7) is 6.59. The molecule has 3 aromatic carbocycles. The lowest BCUT2D eigenvalue weighted by Gasteiger charge is -2.21. The highest BCUT2D eigenvalue weighted by Crippen LogP contribution is 2.32. The minimum Gasteiger partial charge on any atom is -0.397 e. The van der Waals surface area contributed by atoms with Crippen LogP contribution in [0.4, 0.5) is 21.5 Å². The quantitative estimate of drug-likeness (QED) is 0.103. The number of anilines is 3. The van der Waals surface area contributed by atoms with E-state index in [1.165, 1.54) is 29.8 Å². The summed E-state index contributed by atoms with van der Waals surface area (Å²) in [6.07, 6.45) is 7.54. The van der Waals surface area contributed by atoms with Gasteiger partial charge >= 0.3 is 0 Å². The molecule has 0 fully saturated rings. The smallest absolute Gasteiger partial charge is 0.251 e. The second-order valence-electron chi connectivity index (χ2n) is 11.0. The van der Waals surface area contributed by atoms with Crippen LogP contribution in [0.15, 0.2) is 66.7 Å². The summed E-state index contributed by atoms with van der Waals surface area (Å²) >= 11 is 0. The molecule has 3 amide bonds. The summed E-state index contributed by atoms with van der Waals surface area (Å²) in [5.41, 5.74) is 11.3. The Balaban J connectivity index is 1.16. The minimum absolute atomic E-state index is 0.0339. The third-order valence-electron chi connectivity index (χ3n) is 7.90. The molecule has 0 aliphatic heterocycles. The first-order valence-corrected chi connectivity index (χ1v) is 15.4. The van der Waals surface area contributed by atoms with Crippen LogP contribution in [0, 0.1) is 5.82 Å². The zero-order valence-electron chi connectivity index (χ0n) is 25.5. The molecule has 0 aromatic heterocycles. The lowest BCUT2D eigenvalue weighted by atomic mass is 10.0. The zero-order chi connectivity index (χ0) is 31.5. The predicted molar refractivity (Wildman–Crippen MR) is 175 cm³/mol. The monoisotopic (exact) mass is 599 g/mol. The first-order chi connectivity index (χ1) is 21.3. The van der Waals surface area contributed by atoms with E-state index in [0.29, 0.717) is 30.6 Å². The van der Waals surface area contributed by atoms with Gasteiger partial charge in [-0.25, -0.2) is 4.39 Å². The zero-order valence-corrected chi connectivity index (χ0v) is 25.5. The number of nitrogen functional groups attached to an aromatic ring is 1. The highest BCUT2D eigenvalue weighted by Gasteiger charge is 2.24. The van der Waals surface area contributed by atoms with Crippen molar-refractivity contribution in [2.75, 3.05) is 35.6 Å². The summed E-state index contributed by atoms with van der Waals surface area (Å²) < 4.78 is 13.1. The molecule has 9 heteroatoms. The molecule has 1 aliphatic carbocycles. The fraction of sp³-hybridized carbons (Fsp3) is 0.343. The van der Waals surface area contributed by atoms with Crippen molar-refractivity contribution in [1.29, 1.82) is 0 Å². The number of halogens is 1. The number of carbonyl (C=O) groups excluding carboxylic acids is 3. The van der Waals surface area contributed by atoms with E-state index in [4.69, 9.17) is 5.73 Å². The maximum absolute atomic E-state index is 13.1. The Kier molecular flexibility index (Phi) is 11.5. The molecule has 1 atom stereocenters. The van der Waals surface area contributed by atoms with Crippen LogP contribution < -0.4 is 26.6 Å². The average Bonchev–Trinajstić information content (AvgIpc) is 3.41. The van der Waals surface area contributed by atoms with Crippen molar-refractivity contribution in [3.05, 3.63) is 94.8 Å². The standard InChI is InChI=1S/C35H42FN5O3/c1-3-41(4-2)28-15-11-25(12-16-28)35(44)40-31-18-13-26-22-24(9-17-29(26)31)10-20-33(42)38-21-7-5-6-8-34(43)39-32-19-14-27(36)23-30(32)37/h9-12,14-17,19-20,22-23,31H,3-8,13,18,21,37H2,1-2H3,(H,38,42)(H,39,43)(H,40,44)/b20-10+. The van der Waals surface area contributed by atoms with Gasteiger partial charge in [-0.1, -0.05) is 24.6 Å². The highest BCUT2D eigenvalue weighted by atomic mass is 19.1. The third-order valence-corrected chi connectivity index (χ3v) is 7.90. The molecule has 3 aromatic rings. The molecular formula is C35H42FN5O3. The van der Waals surface area contributed by atoms with Gasteiger partial charge in [-0.2, -0.15) is 0 Å². The molecule has 232 valence electrons. The summed E-state index contributed by atoms with van der Waals surface area (Å²) in [6, 6.07) is 17.7. The van der Waals surface area contributed by atoms with Crippen molar-refractivity contribution in [1.82, 2.24) is 10.6 Å². The van der Waals surface area contributed by atoms with Crippen molar-refractivity contribution < 1.29 is 18.8 Å². The number of benzene rings is 3. The molecule has 0 saturated carbocycles. The number of fused-ring (bicyclic) bond motifs is 1. The molecule has 8 nitrogen and oxygen atoms in total. The number of nitrogens with one attached hydrogen (secondary N) is 3. The van der Waals surface area contributed by atoms with E-state index in [2.05, 4.69) is 40.8 Å². The Labute approximate surface area is 258 Å². The molecule has 1 unspecified atom stereocenters. The molecule has 0 saturated heterocycles. The van der Waals surface area contributed by atoms with Crippen LogP contribution in [0.25, 0.3) is 6.08 Å². The van der Waals surface area contributed by atoms with E-state index in [1.807, 2.05) is 36.4 Å². The predicted octanol–water partition coefficient (Wildman–Crippen LogP) is 6.00. The van der Waals surface area contributed by atoms with Crippen LogP contribution in [0.3, 0.4) is 0 Å². The normalized spacial score (nSPS) is 13.8. The van der Waals surface area contributed by atoms with Crippen LogP contribution in [0.2, 0.25) is 0 Å². The maximum atomic E-state index is 13.1. The van der Waals surface area contributed by atoms with E-state index in [1.54, 1.807) is 6.08 Å². The average molecular weight is 600 g/mol. The number of nitrogens with zero attached hydrogens (tertiary/aromatic N) is 1. The van der Waals surface area contributed by atoms with Crippen molar-refractivity contribution in [3.8, 4) is 0 Å². The molecule has 4 rings (SSSR count). The Bertz CT molecular complexity index is 1480. The topological polar surface area (TPSA) is 117 Å². The van der Waals surface area contributed by atoms with Gasteiger partial charge in [-0.05, 0) is 105 Å². The number of amides is 3. The summed E-state index contributed by atoms with van der Waals surface area (Å²) in [5.74, 6) is -0.881.